The van der Waals surface area contributed by atoms with Crippen LogP contribution in [0.15, 0.2) is 0 Å². The van der Waals surface area contributed by atoms with Crippen LogP contribution in [0, 0.1) is 0 Å². The summed E-state index contributed by atoms with van der Waals surface area (Å²) in [5, 5.41) is 0. The summed E-state index contributed by atoms with van der Waals surface area (Å²) in [6.07, 6.45) is 4.08. The van der Waals surface area contributed by atoms with E-state index in [0.29, 0.717) is 0 Å². The monoisotopic (exact) mass is 364 g/mol. The van der Waals surface area contributed by atoms with Crippen LogP contribution in [0.2, 0.25) is 0 Å². The van der Waals surface area contributed by atoms with Crippen LogP contribution in [0.25, 0.3) is 0 Å². The molecule has 0 unspecified atom stereocenters. The van der Waals surface area contributed by atoms with Gasteiger partial charge in [-0.3, -0.25) is 0 Å². The van der Waals surface area contributed by atoms with Gasteiger partial charge in [0, 0.05) is 19.5 Å². The molecule has 98 valence electrons. The molecule has 0 aliphatic rings. The predicted molar refractivity (Wildman–Crippen MR) is 67.1 cm³/mol. The third-order valence-electron chi connectivity index (χ3n) is 0.707. The minimum Gasteiger partial charge on any atom is -0.325 e. The number of hydrogen-bond donors (Lipinski definition) is 6. The van der Waals surface area contributed by atoms with E-state index in [-0.39, 0.29) is 19.5 Å². The van der Waals surface area contributed by atoms with E-state index in [1.54, 1.807) is 0 Å². The summed E-state index contributed by atoms with van der Waals surface area (Å²) >= 11 is 7.21. The van der Waals surface area contributed by atoms with Gasteiger partial charge in [-0.25, -0.2) is 0 Å². The maximum atomic E-state index is 7.56. The molecule has 6 nitrogen and oxygen atoms in total. The summed E-state index contributed by atoms with van der Waals surface area (Å²) in [5.74, 6) is 0. The molecule has 0 amide bonds. The number of rotatable bonds is 2. The zero-order valence-corrected chi connectivity index (χ0v) is 15.6. The Hall–Kier alpha value is 1.68. The molecular weight excluding hydrogens is 348 g/mol. The zero-order chi connectivity index (χ0) is 13.1. The summed E-state index contributed by atoms with van der Waals surface area (Å²) in [4.78, 5) is 45.3. The van der Waals surface area contributed by atoms with Gasteiger partial charge in [0.1, 0.15) is 0 Å². The fourth-order valence-corrected chi connectivity index (χ4v) is 0.354. The van der Waals surface area contributed by atoms with E-state index < -0.39 is 13.4 Å². The Bertz CT molecular complexity index is 178. The first-order valence-electron chi connectivity index (χ1n) is 3.98. The molecule has 0 aromatic carbocycles. The standard InChI is InChI=1S/C5H12.2H3O3PS.Zn/c1-3-5-4-2;2*1-4(2,3)5;/h3-5H2,1-2H3;2*(H3,1,2,3,5);. The minimum atomic E-state index is -3.81. The maximum absolute atomic E-state index is 7.56. The molecule has 11 heteroatoms. The normalized spacial score (nSPS) is 10.0. The van der Waals surface area contributed by atoms with Crippen LogP contribution in [0.1, 0.15) is 33.1 Å². The van der Waals surface area contributed by atoms with Crippen LogP contribution in [-0.4, -0.2) is 29.4 Å². The molecule has 0 heterocycles. The molecule has 0 fully saturated rings. The first kappa shape index (κ1) is 26.3. The van der Waals surface area contributed by atoms with E-state index in [1.165, 1.54) is 19.3 Å². The maximum Gasteiger partial charge on any atom is 0.319 e. The van der Waals surface area contributed by atoms with Crippen molar-refractivity contribution >= 4 is 37.1 Å². The minimum absolute atomic E-state index is 0. The third-order valence-corrected chi connectivity index (χ3v) is 0.707. The van der Waals surface area contributed by atoms with Crippen molar-refractivity contribution in [2.45, 2.75) is 33.1 Å². The molecule has 0 saturated carbocycles. The van der Waals surface area contributed by atoms with E-state index in [4.69, 9.17) is 29.4 Å². The Kier molecular flexibility index (Phi) is 24.2. The topological polar surface area (TPSA) is 121 Å². The van der Waals surface area contributed by atoms with Crippen LogP contribution in [0.3, 0.4) is 0 Å². The molecule has 0 spiro atoms. The van der Waals surface area contributed by atoms with Gasteiger partial charge in [0.15, 0.2) is 0 Å². The second-order valence-corrected chi connectivity index (χ2v) is 7.37. The molecule has 0 aromatic rings. The first-order chi connectivity index (χ1) is 6.41. The van der Waals surface area contributed by atoms with Crippen molar-refractivity contribution < 1.29 is 48.8 Å². The average molecular weight is 366 g/mol. The van der Waals surface area contributed by atoms with E-state index >= 15 is 0 Å². The molecule has 0 aromatic heterocycles. The first-order valence-corrected chi connectivity index (χ1v) is 9.30. The van der Waals surface area contributed by atoms with Gasteiger partial charge in [0.2, 0.25) is 0 Å². The van der Waals surface area contributed by atoms with E-state index in [2.05, 4.69) is 37.5 Å². The zero-order valence-electron chi connectivity index (χ0n) is 9.22. The third kappa shape index (κ3) is 249. The average Bonchev–Trinajstić information content (AvgIpc) is 1.80. The second kappa shape index (κ2) is 14.7. The molecule has 0 aliphatic heterocycles. The van der Waals surface area contributed by atoms with Gasteiger partial charge in [-0.15, -0.1) is 0 Å². The Morgan fingerprint density at radius 3 is 0.875 bits per heavy atom. The fraction of sp³-hybridized carbons (Fsp3) is 1.00. The molecule has 0 atom stereocenters. The van der Waals surface area contributed by atoms with Crippen molar-refractivity contribution in [1.29, 1.82) is 0 Å². The molecule has 6 N–H and O–H groups in total. The Morgan fingerprint density at radius 1 is 0.750 bits per heavy atom. The van der Waals surface area contributed by atoms with Gasteiger partial charge in [0.25, 0.3) is 0 Å². The summed E-state index contributed by atoms with van der Waals surface area (Å²) in [5.41, 5.74) is 0. The molecule has 16 heavy (non-hydrogen) atoms. The Labute approximate surface area is 119 Å². The summed E-state index contributed by atoms with van der Waals surface area (Å²) < 4.78 is 0. The van der Waals surface area contributed by atoms with Crippen LogP contribution in [0.4, 0.5) is 0 Å². The fourth-order valence-electron chi connectivity index (χ4n) is 0.354. The van der Waals surface area contributed by atoms with Crippen molar-refractivity contribution in [3.05, 3.63) is 0 Å². The van der Waals surface area contributed by atoms with Crippen LogP contribution in [0.5, 0.6) is 0 Å². The van der Waals surface area contributed by atoms with Gasteiger partial charge in [-0.05, 0) is 23.6 Å². The molecular formula is C5H18O6P2S2Zn. The van der Waals surface area contributed by atoms with Crippen LogP contribution < -0.4 is 0 Å². The molecule has 0 saturated heterocycles. The van der Waals surface area contributed by atoms with Crippen molar-refractivity contribution in [3.63, 3.8) is 0 Å². The van der Waals surface area contributed by atoms with Crippen molar-refractivity contribution in [2.24, 2.45) is 0 Å². The summed E-state index contributed by atoms with van der Waals surface area (Å²) in [6, 6.07) is 0. The van der Waals surface area contributed by atoms with Crippen LogP contribution >= 0.6 is 13.4 Å². The largest absolute Gasteiger partial charge is 0.325 e. The Balaban J connectivity index is -0.0000000655. The summed E-state index contributed by atoms with van der Waals surface area (Å²) in [7, 11) is 0. The van der Waals surface area contributed by atoms with Gasteiger partial charge in [0.05, 0.1) is 0 Å². The van der Waals surface area contributed by atoms with Gasteiger partial charge >= 0.3 is 13.4 Å². The number of unbranched alkanes of at least 4 members (excludes halogenated alkanes) is 2. The predicted octanol–water partition coefficient (Wildman–Crippen LogP) is 0.570. The van der Waals surface area contributed by atoms with Crippen molar-refractivity contribution in [3.8, 4) is 0 Å². The molecule has 0 bridgehead atoms. The van der Waals surface area contributed by atoms with E-state index in [0.717, 1.165) is 0 Å². The van der Waals surface area contributed by atoms with Crippen molar-refractivity contribution in [1.82, 2.24) is 0 Å². The van der Waals surface area contributed by atoms with E-state index in [9.17, 15) is 0 Å². The Morgan fingerprint density at radius 2 is 0.875 bits per heavy atom. The van der Waals surface area contributed by atoms with E-state index in [1.807, 2.05) is 0 Å². The SMILES string of the molecule is CCCCC.OP(O)(O)=S.OP(O)(O)=S.[Zn]. The van der Waals surface area contributed by atoms with Gasteiger partial charge in [-0.1, -0.05) is 33.1 Å². The second-order valence-electron chi connectivity index (χ2n) is 2.38. The van der Waals surface area contributed by atoms with Crippen LogP contribution in [-0.2, 0) is 43.1 Å². The number of hydrogen-bond acceptors (Lipinski definition) is 2. The molecule has 0 aliphatic carbocycles. The van der Waals surface area contributed by atoms with Gasteiger partial charge in [-0.2, -0.15) is 0 Å². The quantitative estimate of drug-likeness (QED) is 0.310. The molecule has 0 radical (unpaired) electrons. The van der Waals surface area contributed by atoms with Gasteiger partial charge < -0.3 is 29.4 Å². The molecule has 0 rings (SSSR count). The van der Waals surface area contributed by atoms with Crippen molar-refractivity contribution in [2.75, 3.05) is 0 Å². The smallest absolute Gasteiger partial charge is 0.319 e. The summed E-state index contributed by atoms with van der Waals surface area (Å²) in [6.45, 7) is -3.19.